The van der Waals surface area contributed by atoms with Crippen LogP contribution in [0.1, 0.15) is 19.4 Å². The van der Waals surface area contributed by atoms with E-state index >= 15 is 0 Å². The van der Waals surface area contributed by atoms with Crippen LogP contribution in [-0.2, 0) is 0 Å². The molecule has 0 amide bonds. The summed E-state index contributed by atoms with van der Waals surface area (Å²) in [7, 11) is 0. The third kappa shape index (κ3) is 2.99. The zero-order valence-corrected chi connectivity index (χ0v) is 9.19. The number of oxime groups is 1. The number of amidine groups is 1. The molecule has 15 heavy (non-hydrogen) atoms. The Morgan fingerprint density at radius 2 is 2.33 bits per heavy atom. The number of nitrogens with two attached hydrogens (primary N) is 1. The van der Waals surface area contributed by atoms with Gasteiger partial charge in [0.15, 0.2) is 5.84 Å². The number of hydrogen-bond acceptors (Lipinski definition) is 4. The summed E-state index contributed by atoms with van der Waals surface area (Å²) in [6.45, 7) is 3.74. The lowest BCUT2D eigenvalue weighted by atomic mass is 10.2. The number of ether oxygens (including phenoxy) is 1. The van der Waals surface area contributed by atoms with Crippen molar-refractivity contribution in [3.8, 4) is 5.88 Å². The van der Waals surface area contributed by atoms with E-state index in [1.807, 2.05) is 13.8 Å². The maximum absolute atomic E-state index is 8.45. The molecular formula is C9H12ClN3O2. The van der Waals surface area contributed by atoms with Crippen molar-refractivity contribution >= 4 is 17.4 Å². The highest BCUT2D eigenvalue weighted by molar-refractivity contribution is 6.32. The van der Waals surface area contributed by atoms with E-state index < -0.39 is 0 Å². The number of halogens is 1. The van der Waals surface area contributed by atoms with Crippen molar-refractivity contribution in [1.29, 1.82) is 0 Å². The van der Waals surface area contributed by atoms with Gasteiger partial charge in [-0.3, -0.25) is 0 Å². The Labute approximate surface area is 92.5 Å². The fourth-order valence-corrected chi connectivity index (χ4v) is 1.14. The maximum atomic E-state index is 8.45. The van der Waals surface area contributed by atoms with Gasteiger partial charge in [0, 0.05) is 11.8 Å². The van der Waals surface area contributed by atoms with E-state index in [1.165, 1.54) is 12.3 Å². The molecule has 0 bridgehead atoms. The van der Waals surface area contributed by atoms with E-state index in [0.29, 0.717) is 16.5 Å². The second-order valence-electron chi connectivity index (χ2n) is 3.16. The first kappa shape index (κ1) is 11.6. The molecule has 3 N–H and O–H groups in total. The average Bonchev–Trinajstić information content (AvgIpc) is 2.19. The Hall–Kier alpha value is -1.49. The summed E-state index contributed by atoms with van der Waals surface area (Å²) in [5.74, 6) is 0.293. The van der Waals surface area contributed by atoms with E-state index in [1.54, 1.807) is 0 Å². The molecule has 0 radical (unpaired) electrons. The van der Waals surface area contributed by atoms with Crippen molar-refractivity contribution in [1.82, 2.24) is 4.98 Å². The second kappa shape index (κ2) is 4.84. The molecule has 5 nitrogen and oxygen atoms in total. The molecular weight excluding hydrogens is 218 g/mol. The smallest absolute Gasteiger partial charge is 0.232 e. The van der Waals surface area contributed by atoms with Gasteiger partial charge >= 0.3 is 0 Å². The molecule has 0 saturated heterocycles. The van der Waals surface area contributed by atoms with Crippen LogP contribution in [0.15, 0.2) is 17.4 Å². The number of rotatable bonds is 3. The van der Waals surface area contributed by atoms with Crippen LogP contribution in [0, 0.1) is 0 Å². The lowest BCUT2D eigenvalue weighted by Gasteiger charge is -2.10. The Bertz CT molecular complexity index is 380. The van der Waals surface area contributed by atoms with Gasteiger partial charge in [0.25, 0.3) is 0 Å². The molecule has 0 aliphatic rings. The minimum Gasteiger partial charge on any atom is -0.474 e. The van der Waals surface area contributed by atoms with Crippen molar-refractivity contribution in [2.24, 2.45) is 10.9 Å². The summed E-state index contributed by atoms with van der Waals surface area (Å²) < 4.78 is 5.33. The quantitative estimate of drug-likeness (QED) is 0.357. The second-order valence-corrected chi connectivity index (χ2v) is 3.57. The topological polar surface area (TPSA) is 80.7 Å². The molecule has 1 aromatic rings. The average molecular weight is 230 g/mol. The predicted octanol–water partition coefficient (Wildman–Crippen LogP) is 1.62. The third-order valence-corrected chi connectivity index (χ3v) is 1.83. The molecule has 0 aromatic carbocycles. The Kier molecular flexibility index (Phi) is 3.74. The number of nitrogens with zero attached hydrogens (tertiary/aromatic N) is 2. The van der Waals surface area contributed by atoms with Crippen molar-refractivity contribution in [3.05, 3.63) is 22.8 Å². The lowest BCUT2D eigenvalue weighted by Crippen LogP contribution is -2.14. The van der Waals surface area contributed by atoms with E-state index in [2.05, 4.69) is 10.1 Å². The molecule has 1 heterocycles. The van der Waals surface area contributed by atoms with E-state index in [-0.39, 0.29) is 11.9 Å². The van der Waals surface area contributed by atoms with Crippen molar-refractivity contribution in [2.75, 3.05) is 0 Å². The highest BCUT2D eigenvalue weighted by Gasteiger charge is 2.08. The van der Waals surface area contributed by atoms with E-state index in [9.17, 15) is 0 Å². The fourth-order valence-electron chi connectivity index (χ4n) is 0.933. The molecule has 1 aromatic heterocycles. The largest absolute Gasteiger partial charge is 0.474 e. The zero-order chi connectivity index (χ0) is 11.4. The first-order chi connectivity index (χ1) is 7.04. The monoisotopic (exact) mass is 229 g/mol. The number of pyridine rings is 1. The minimum absolute atomic E-state index is 0.00953. The summed E-state index contributed by atoms with van der Waals surface area (Å²) in [6.07, 6.45) is 1.42. The van der Waals surface area contributed by atoms with Crippen LogP contribution < -0.4 is 10.5 Å². The molecule has 82 valence electrons. The van der Waals surface area contributed by atoms with E-state index in [4.69, 9.17) is 27.3 Å². The van der Waals surface area contributed by atoms with E-state index in [0.717, 1.165) is 0 Å². The van der Waals surface area contributed by atoms with Crippen molar-refractivity contribution in [3.63, 3.8) is 0 Å². The molecule has 0 saturated carbocycles. The third-order valence-electron chi connectivity index (χ3n) is 1.56. The Balaban J connectivity index is 2.98. The normalized spacial score (nSPS) is 11.9. The summed E-state index contributed by atoms with van der Waals surface area (Å²) >= 11 is 5.89. The highest BCUT2D eigenvalue weighted by atomic mass is 35.5. The lowest BCUT2D eigenvalue weighted by molar-refractivity contribution is 0.233. The minimum atomic E-state index is -0.0412. The molecule has 0 atom stereocenters. The maximum Gasteiger partial charge on any atom is 0.232 e. The van der Waals surface area contributed by atoms with Gasteiger partial charge in [-0.05, 0) is 19.9 Å². The van der Waals surface area contributed by atoms with Crippen LogP contribution in [0.3, 0.4) is 0 Å². The SMILES string of the molecule is CC(C)Oc1ncc(/C(N)=N/O)cc1Cl. The van der Waals surface area contributed by atoms with Gasteiger partial charge in [0.1, 0.15) is 5.02 Å². The van der Waals surface area contributed by atoms with Gasteiger partial charge < -0.3 is 15.7 Å². The van der Waals surface area contributed by atoms with Crippen molar-refractivity contribution < 1.29 is 9.94 Å². The summed E-state index contributed by atoms with van der Waals surface area (Å²) in [5, 5.41) is 11.6. The van der Waals surface area contributed by atoms with Crippen molar-refractivity contribution in [2.45, 2.75) is 20.0 Å². The molecule has 0 aliphatic heterocycles. The van der Waals surface area contributed by atoms with Gasteiger partial charge in [-0.25, -0.2) is 4.98 Å². The van der Waals surface area contributed by atoms with Gasteiger partial charge in [-0.2, -0.15) is 0 Å². The molecule has 0 unspecified atom stereocenters. The number of hydrogen-bond donors (Lipinski definition) is 2. The van der Waals surface area contributed by atoms with Gasteiger partial charge in [0.05, 0.1) is 6.10 Å². The number of aromatic nitrogens is 1. The first-order valence-electron chi connectivity index (χ1n) is 4.34. The molecule has 0 spiro atoms. The van der Waals surface area contributed by atoms with Crippen LogP contribution in [-0.4, -0.2) is 22.1 Å². The Morgan fingerprint density at radius 1 is 1.67 bits per heavy atom. The summed E-state index contributed by atoms with van der Waals surface area (Å²) in [6, 6.07) is 1.53. The fraction of sp³-hybridized carbons (Fsp3) is 0.333. The highest BCUT2D eigenvalue weighted by Crippen LogP contribution is 2.23. The molecule has 0 fully saturated rings. The van der Waals surface area contributed by atoms with Crippen LogP contribution in [0.2, 0.25) is 5.02 Å². The summed E-state index contributed by atoms with van der Waals surface area (Å²) in [4.78, 5) is 3.96. The Morgan fingerprint density at radius 3 is 2.80 bits per heavy atom. The summed E-state index contributed by atoms with van der Waals surface area (Å²) in [5.41, 5.74) is 5.82. The van der Waals surface area contributed by atoms with Gasteiger partial charge in [-0.15, -0.1) is 0 Å². The van der Waals surface area contributed by atoms with Gasteiger partial charge in [-0.1, -0.05) is 16.8 Å². The molecule has 6 heteroatoms. The molecule has 1 rings (SSSR count). The van der Waals surface area contributed by atoms with Crippen LogP contribution >= 0.6 is 11.6 Å². The standard InChI is InChI=1S/C9H12ClN3O2/c1-5(2)15-9-7(10)3-6(4-12-9)8(11)13-14/h3-5,14H,1-2H3,(H2,11,13). The van der Waals surface area contributed by atoms with Gasteiger partial charge in [0.2, 0.25) is 5.88 Å². The molecule has 0 aliphatic carbocycles. The van der Waals surface area contributed by atoms with Crippen LogP contribution in [0.25, 0.3) is 0 Å². The van der Waals surface area contributed by atoms with Crippen LogP contribution in [0.5, 0.6) is 5.88 Å². The predicted molar refractivity (Wildman–Crippen MR) is 57.5 cm³/mol. The van der Waals surface area contributed by atoms with Crippen LogP contribution in [0.4, 0.5) is 0 Å². The first-order valence-corrected chi connectivity index (χ1v) is 4.72. The zero-order valence-electron chi connectivity index (χ0n) is 8.44.